The van der Waals surface area contributed by atoms with Crippen LogP contribution in [-0.2, 0) is 4.74 Å². The summed E-state index contributed by atoms with van der Waals surface area (Å²) in [5.74, 6) is -0.215. The first-order valence-electron chi connectivity index (χ1n) is 10.3. The standard InChI is InChI=1S/C22H29FN4OS/c1-17-15-25(16-18(2)24-17)11-13-28-14-12-26-21-9-5-6-10-22(21)27(29-26)20-8-4-3-7-19(20)23/h3-10,17-18,24H,11-16H2,1-2H3. The van der Waals surface area contributed by atoms with Crippen LogP contribution in [0.4, 0.5) is 21.5 Å². The molecular weight excluding hydrogens is 387 g/mol. The van der Waals surface area contributed by atoms with Crippen LogP contribution in [0, 0.1) is 5.82 Å². The minimum Gasteiger partial charge on any atom is -0.378 e. The predicted octanol–water partition coefficient (Wildman–Crippen LogP) is 4.05. The molecule has 0 bridgehead atoms. The first-order valence-corrected chi connectivity index (χ1v) is 11.0. The van der Waals surface area contributed by atoms with E-state index in [-0.39, 0.29) is 5.82 Å². The Morgan fingerprint density at radius 3 is 2.28 bits per heavy atom. The van der Waals surface area contributed by atoms with Crippen LogP contribution in [-0.4, -0.2) is 56.4 Å². The van der Waals surface area contributed by atoms with Crippen molar-refractivity contribution in [2.75, 3.05) is 48.0 Å². The number of benzene rings is 2. The molecule has 2 aliphatic rings. The fourth-order valence-electron chi connectivity index (χ4n) is 4.05. The molecule has 1 N–H and O–H groups in total. The zero-order valence-electron chi connectivity index (χ0n) is 17.1. The van der Waals surface area contributed by atoms with Gasteiger partial charge in [-0.15, -0.1) is 0 Å². The van der Waals surface area contributed by atoms with Crippen LogP contribution in [0.5, 0.6) is 0 Å². The third kappa shape index (κ3) is 4.86. The van der Waals surface area contributed by atoms with Gasteiger partial charge in [-0.05, 0) is 38.1 Å². The summed E-state index contributed by atoms with van der Waals surface area (Å²) in [6.45, 7) is 9.68. The number of anilines is 3. The average Bonchev–Trinajstić information content (AvgIpc) is 3.06. The number of nitrogens with one attached hydrogen (secondary N) is 1. The van der Waals surface area contributed by atoms with Gasteiger partial charge < -0.3 is 10.1 Å². The molecule has 2 aromatic rings. The van der Waals surface area contributed by atoms with E-state index >= 15 is 0 Å². The smallest absolute Gasteiger partial charge is 0.147 e. The minimum absolute atomic E-state index is 0.215. The first kappa shape index (κ1) is 20.5. The fraction of sp³-hybridized carbons (Fsp3) is 0.455. The van der Waals surface area contributed by atoms with Crippen molar-refractivity contribution in [2.45, 2.75) is 25.9 Å². The van der Waals surface area contributed by atoms with Gasteiger partial charge in [0.1, 0.15) is 5.82 Å². The number of halogens is 1. The van der Waals surface area contributed by atoms with Gasteiger partial charge in [-0.3, -0.25) is 13.5 Å². The molecule has 0 aromatic heterocycles. The molecule has 4 rings (SSSR count). The lowest BCUT2D eigenvalue weighted by Gasteiger charge is -2.36. The summed E-state index contributed by atoms with van der Waals surface area (Å²) in [6, 6.07) is 16.1. The van der Waals surface area contributed by atoms with E-state index in [1.807, 2.05) is 34.6 Å². The molecule has 7 heteroatoms. The van der Waals surface area contributed by atoms with Crippen molar-refractivity contribution in [2.24, 2.45) is 0 Å². The number of nitrogens with zero attached hydrogens (tertiary/aromatic N) is 3. The molecule has 2 aliphatic heterocycles. The number of para-hydroxylation sites is 3. The first-order chi connectivity index (χ1) is 14.1. The van der Waals surface area contributed by atoms with E-state index in [0.717, 1.165) is 44.2 Å². The normalized spacial score (nSPS) is 22.2. The molecule has 2 atom stereocenters. The number of rotatable bonds is 7. The number of hydrogen-bond acceptors (Lipinski definition) is 6. The van der Waals surface area contributed by atoms with Gasteiger partial charge in [-0.1, -0.05) is 24.3 Å². The van der Waals surface area contributed by atoms with E-state index in [4.69, 9.17) is 4.74 Å². The molecule has 0 amide bonds. The monoisotopic (exact) mass is 416 g/mol. The molecule has 2 unspecified atom stereocenters. The maximum absolute atomic E-state index is 14.3. The van der Waals surface area contributed by atoms with Crippen LogP contribution >= 0.6 is 12.1 Å². The van der Waals surface area contributed by atoms with Crippen molar-refractivity contribution in [1.29, 1.82) is 0 Å². The third-order valence-electron chi connectivity index (χ3n) is 5.24. The highest BCUT2D eigenvalue weighted by molar-refractivity contribution is 8.02. The quantitative estimate of drug-likeness (QED) is 0.541. The Bertz CT molecular complexity index is 813. The molecule has 29 heavy (non-hydrogen) atoms. The van der Waals surface area contributed by atoms with Gasteiger partial charge in [0.15, 0.2) is 0 Å². The SMILES string of the molecule is CC1CN(CCOCCN2SN(c3ccccc3F)c3ccccc32)CC(C)N1. The van der Waals surface area contributed by atoms with Crippen LogP contribution < -0.4 is 13.9 Å². The Morgan fingerprint density at radius 1 is 0.931 bits per heavy atom. The number of piperazine rings is 1. The zero-order chi connectivity index (χ0) is 20.2. The molecule has 1 fully saturated rings. The van der Waals surface area contributed by atoms with Crippen molar-refractivity contribution in [3.8, 4) is 0 Å². The Balaban J connectivity index is 1.30. The Kier molecular flexibility index (Phi) is 6.60. The van der Waals surface area contributed by atoms with Gasteiger partial charge in [-0.2, -0.15) is 0 Å². The Hall–Kier alpha value is -1.80. The Labute approximate surface area is 177 Å². The summed E-state index contributed by atoms with van der Waals surface area (Å²) in [7, 11) is 0. The molecule has 5 nitrogen and oxygen atoms in total. The summed E-state index contributed by atoms with van der Waals surface area (Å²) in [6.07, 6.45) is 0. The zero-order valence-corrected chi connectivity index (χ0v) is 17.9. The number of ether oxygens (including phenoxy) is 1. The summed E-state index contributed by atoms with van der Waals surface area (Å²) in [5.41, 5.74) is 2.68. The lowest BCUT2D eigenvalue weighted by atomic mass is 10.1. The molecule has 156 valence electrons. The van der Waals surface area contributed by atoms with E-state index in [1.54, 1.807) is 6.07 Å². The lowest BCUT2D eigenvalue weighted by molar-refractivity contribution is 0.0895. The molecule has 2 aromatic carbocycles. The largest absolute Gasteiger partial charge is 0.378 e. The van der Waals surface area contributed by atoms with Gasteiger partial charge in [0.05, 0.1) is 49.0 Å². The van der Waals surface area contributed by atoms with Crippen molar-refractivity contribution < 1.29 is 9.13 Å². The number of hydrogen-bond donors (Lipinski definition) is 1. The van der Waals surface area contributed by atoms with E-state index in [9.17, 15) is 4.39 Å². The molecule has 0 aliphatic carbocycles. The third-order valence-corrected chi connectivity index (χ3v) is 6.38. The minimum atomic E-state index is -0.215. The molecule has 0 radical (unpaired) electrons. The average molecular weight is 417 g/mol. The number of fused-ring (bicyclic) bond motifs is 1. The second-order valence-corrected chi connectivity index (χ2v) is 8.73. The van der Waals surface area contributed by atoms with E-state index in [1.165, 1.54) is 18.2 Å². The van der Waals surface area contributed by atoms with Crippen molar-refractivity contribution in [3.63, 3.8) is 0 Å². The van der Waals surface area contributed by atoms with E-state index in [0.29, 0.717) is 24.4 Å². The maximum Gasteiger partial charge on any atom is 0.147 e. The molecule has 0 saturated carbocycles. The Morgan fingerprint density at radius 2 is 1.55 bits per heavy atom. The highest BCUT2D eigenvalue weighted by Gasteiger charge is 2.29. The summed E-state index contributed by atoms with van der Waals surface area (Å²) in [5, 5.41) is 3.56. The highest BCUT2D eigenvalue weighted by atomic mass is 32.2. The molecule has 0 spiro atoms. The van der Waals surface area contributed by atoms with Crippen LogP contribution in [0.15, 0.2) is 48.5 Å². The van der Waals surface area contributed by atoms with Gasteiger partial charge in [-0.25, -0.2) is 4.39 Å². The molecular formula is C22H29FN4OS. The van der Waals surface area contributed by atoms with E-state index in [2.05, 4.69) is 34.4 Å². The topological polar surface area (TPSA) is 31.0 Å². The van der Waals surface area contributed by atoms with Gasteiger partial charge in [0.2, 0.25) is 0 Å². The fourth-order valence-corrected chi connectivity index (χ4v) is 5.12. The summed E-state index contributed by atoms with van der Waals surface area (Å²) >= 11 is 1.52. The second kappa shape index (κ2) is 9.34. The van der Waals surface area contributed by atoms with Crippen LogP contribution in [0.1, 0.15) is 13.8 Å². The summed E-state index contributed by atoms with van der Waals surface area (Å²) < 4.78 is 24.4. The van der Waals surface area contributed by atoms with Crippen molar-refractivity contribution in [1.82, 2.24) is 10.2 Å². The van der Waals surface area contributed by atoms with Gasteiger partial charge >= 0.3 is 0 Å². The van der Waals surface area contributed by atoms with Crippen molar-refractivity contribution >= 4 is 29.2 Å². The lowest BCUT2D eigenvalue weighted by Crippen LogP contribution is -2.54. The van der Waals surface area contributed by atoms with Crippen LogP contribution in [0.2, 0.25) is 0 Å². The van der Waals surface area contributed by atoms with Crippen LogP contribution in [0.25, 0.3) is 0 Å². The van der Waals surface area contributed by atoms with Gasteiger partial charge in [0, 0.05) is 31.7 Å². The van der Waals surface area contributed by atoms with E-state index < -0.39 is 0 Å². The van der Waals surface area contributed by atoms with Crippen LogP contribution in [0.3, 0.4) is 0 Å². The summed E-state index contributed by atoms with van der Waals surface area (Å²) in [4.78, 5) is 2.46. The predicted molar refractivity (Wildman–Crippen MR) is 119 cm³/mol. The highest BCUT2D eigenvalue weighted by Crippen LogP contribution is 2.49. The molecule has 2 heterocycles. The van der Waals surface area contributed by atoms with Gasteiger partial charge in [0.25, 0.3) is 0 Å². The van der Waals surface area contributed by atoms with Crippen molar-refractivity contribution in [3.05, 3.63) is 54.3 Å². The maximum atomic E-state index is 14.3. The second-order valence-electron chi connectivity index (χ2n) is 7.76. The molecule has 1 saturated heterocycles.